The molecule has 0 unspecified atom stereocenters. The fourth-order valence-corrected chi connectivity index (χ4v) is 4.37. The number of nitrogens with one attached hydrogen (secondary N) is 1. The number of carbonyl (C=O) groups is 1. The average molecular weight is 476 g/mol. The first kappa shape index (κ1) is 22.6. The maximum atomic E-state index is 12.6. The third-order valence-electron chi connectivity index (χ3n) is 6.08. The molecule has 35 heavy (non-hydrogen) atoms. The fraction of sp³-hybridized carbons (Fsp3) is 0.320. The van der Waals surface area contributed by atoms with Crippen molar-refractivity contribution in [1.82, 2.24) is 19.7 Å². The van der Waals surface area contributed by atoms with Crippen molar-refractivity contribution in [2.24, 2.45) is 5.92 Å². The summed E-state index contributed by atoms with van der Waals surface area (Å²) in [4.78, 5) is 46.1. The van der Waals surface area contributed by atoms with Crippen LogP contribution in [-0.2, 0) is 11.3 Å². The van der Waals surface area contributed by atoms with E-state index in [4.69, 9.17) is 9.26 Å². The van der Waals surface area contributed by atoms with Crippen LogP contribution in [0.1, 0.15) is 32.1 Å². The lowest BCUT2D eigenvalue weighted by atomic mass is 10.1. The lowest BCUT2D eigenvalue weighted by molar-refractivity contribution is -0.117. The predicted molar refractivity (Wildman–Crippen MR) is 130 cm³/mol. The lowest BCUT2D eigenvalue weighted by Gasteiger charge is -2.16. The number of hydrogen-bond donors (Lipinski definition) is 1. The van der Waals surface area contributed by atoms with E-state index >= 15 is 0 Å². The number of aromatic amines is 1. The van der Waals surface area contributed by atoms with Crippen LogP contribution in [0.3, 0.4) is 0 Å². The molecule has 0 saturated carbocycles. The zero-order valence-electron chi connectivity index (χ0n) is 19.6. The number of H-pyrrole nitrogens is 1. The minimum Gasteiger partial charge on any atom is -0.497 e. The Morgan fingerprint density at radius 2 is 1.91 bits per heavy atom. The molecule has 1 aliphatic rings. The number of nitrogens with zero attached hydrogens (tertiary/aromatic N) is 4. The highest BCUT2D eigenvalue weighted by atomic mass is 16.5. The van der Waals surface area contributed by atoms with Gasteiger partial charge in [0.1, 0.15) is 5.75 Å². The van der Waals surface area contributed by atoms with E-state index in [2.05, 4.69) is 15.1 Å². The molecular formula is C25H25N5O5. The molecule has 4 aromatic rings. The van der Waals surface area contributed by atoms with Crippen LogP contribution in [0.5, 0.6) is 5.75 Å². The molecule has 1 atom stereocenters. The van der Waals surface area contributed by atoms with Gasteiger partial charge < -0.3 is 23.7 Å². The molecule has 1 amide bonds. The van der Waals surface area contributed by atoms with Gasteiger partial charge in [-0.3, -0.25) is 14.4 Å². The molecule has 0 spiro atoms. The largest absolute Gasteiger partial charge is 0.497 e. The van der Waals surface area contributed by atoms with Crippen LogP contribution in [0.4, 0.5) is 5.69 Å². The van der Waals surface area contributed by atoms with E-state index in [1.807, 2.05) is 38.1 Å². The molecule has 10 nitrogen and oxygen atoms in total. The van der Waals surface area contributed by atoms with E-state index in [9.17, 15) is 14.4 Å². The van der Waals surface area contributed by atoms with E-state index in [0.29, 0.717) is 41.4 Å². The summed E-state index contributed by atoms with van der Waals surface area (Å²) in [6.45, 7) is 4.83. The quantitative estimate of drug-likeness (QED) is 0.425. The van der Waals surface area contributed by atoms with Gasteiger partial charge in [-0.25, -0.2) is 0 Å². The van der Waals surface area contributed by atoms with Gasteiger partial charge in [-0.2, -0.15) is 4.98 Å². The van der Waals surface area contributed by atoms with Gasteiger partial charge in [0, 0.05) is 30.8 Å². The maximum absolute atomic E-state index is 12.6. The summed E-state index contributed by atoms with van der Waals surface area (Å²) in [5.74, 6) is 1.39. The monoisotopic (exact) mass is 475 g/mol. The van der Waals surface area contributed by atoms with Crippen molar-refractivity contribution >= 4 is 22.6 Å². The number of methoxy groups -OCH3 is 1. The summed E-state index contributed by atoms with van der Waals surface area (Å²) >= 11 is 0. The molecule has 2 aromatic carbocycles. The van der Waals surface area contributed by atoms with E-state index in [0.717, 1.165) is 11.4 Å². The summed E-state index contributed by atoms with van der Waals surface area (Å²) in [6.07, 6.45) is 0.264. The van der Waals surface area contributed by atoms with Crippen molar-refractivity contribution in [2.45, 2.75) is 32.7 Å². The van der Waals surface area contributed by atoms with Crippen molar-refractivity contribution in [3.63, 3.8) is 0 Å². The molecule has 10 heteroatoms. The number of hydrogen-bond acceptors (Lipinski definition) is 7. The smallest absolute Gasteiger partial charge is 0.316 e. The second kappa shape index (κ2) is 8.86. The van der Waals surface area contributed by atoms with Gasteiger partial charge in [-0.1, -0.05) is 19.0 Å². The number of rotatable bonds is 6. The molecule has 0 radical (unpaired) electrons. The van der Waals surface area contributed by atoms with Crippen LogP contribution in [-0.4, -0.2) is 39.3 Å². The van der Waals surface area contributed by atoms with Gasteiger partial charge >= 0.3 is 11.1 Å². The first-order chi connectivity index (χ1) is 16.8. The van der Waals surface area contributed by atoms with E-state index in [1.54, 1.807) is 30.2 Å². The van der Waals surface area contributed by atoms with Gasteiger partial charge in [0.25, 0.3) is 0 Å². The number of amides is 1. The predicted octanol–water partition coefficient (Wildman–Crippen LogP) is 2.92. The molecule has 180 valence electrons. The third kappa shape index (κ3) is 4.23. The van der Waals surface area contributed by atoms with Crippen molar-refractivity contribution in [2.75, 3.05) is 18.6 Å². The summed E-state index contributed by atoms with van der Waals surface area (Å²) in [5, 5.41) is 4.10. The Labute approximate surface area is 200 Å². The Kier molecular flexibility index (Phi) is 5.72. The van der Waals surface area contributed by atoms with E-state index in [1.165, 1.54) is 4.57 Å². The molecule has 1 fully saturated rings. The summed E-state index contributed by atoms with van der Waals surface area (Å²) in [5.41, 5.74) is 1.31. The van der Waals surface area contributed by atoms with E-state index in [-0.39, 0.29) is 24.2 Å². The van der Waals surface area contributed by atoms with Gasteiger partial charge in [0.05, 0.1) is 24.1 Å². The topological polar surface area (TPSA) is 123 Å². The highest BCUT2D eigenvalue weighted by Crippen LogP contribution is 2.33. The van der Waals surface area contributed by atoms with Crippen molar-refractivity contribution in [3.8, 4) is 17.1 Å². The maximum Gasteiger partial charge on any atom is 0.316 e. The molecular weight excluding hydrogens is 450 g/mol. The SMILES string of the molecule is COc1ccc(N2C[C@@H](c3nc(-c4ccc5c(c4)[nH]c(=O)c(=O)n5CC(C)C)no3)CC2=O)cc1. The van der Waals surface area contributed by atoms with Gasteiger partial charge in [0.15, 0.2) is 0 Å². The summed E-state index contributed by atoms with van der Waals surface area (Å²) < 4.78 is 12.2. The molecule has 1 aliphatic heterocycles. The molecule has 0 bridgehead atoms. The highest BCUT2D eigenvalue weighted by molar-refractivity contribution is 5.96. The minimum absolute atomic E-state index is 0.0219. The van der Waals surface area contributed by atoms with Crippen LogP contribution in [0.25, 0.3) is 22.4 Å². The number of ether oxygens (including phenoxy) is 1. The number of fused-ring (bicyclic) bond motifs is 1. The van der Waals surface area contributed by atoms with Gasteiger partial charge in [-0.15, -0.1) is 0 Å². The Bertz CT molecular complexity index is 1520. The van der Waals surface area contributed by atoms with Gasteiger partial charge in [-0.05, 0) is 48.4 Å². The average Bonchev–Trinajstić information content (AvgIpc) is 3.48. The first-order valence-electron chi connectivity index (χ1n) is 11.4. The van der Waals surface area contributed by atoms with Crippen LogP contribution in [0, 0.1) is 5.92 Å². The third-order valence-corrected chi connectivity index (χ3v) is 6.08. The standard InChI is InChI=1S/C25H25N5O5/c1-14(2)12-30-20-9-4-15(10-19(20)26-23(32)25(30)33)22-27-24(35-28-22)16-11-21(31)29(13-16)17-5-7-18(34-3)8-6-17/h4-10,14,16H,11-13H2,1-3H3,(H,26,32)/t16-/m0/s1. The van der Waals surface area contributed by atoms with Gasteiger partial charge in [0.2, 0.25) is 17.6 Å². The number of benzene rings is 2. The Balaban J connectivity index is 1.41. The fourth-order valence-electron chi connectivity index (χ4n) is 4.37. The number of aromatic nitrogens is 4. The van der Waals surface area contributed by atoms with Crippen LogP contribution < -0.4 is 20.8 Å². The van der Waals surface area contributed by atoms with Crippen molar-refractivity contribution in [1.29, 1.82) is 0 Å². The zero-order valence-corrected chi connectivity index (χ0v) is 19.6. The van der Waals surface area contributed by atoms with Crippen LogP contribution in [0.15, 0.2) is 56.6 Å². The Hall–Kier alpha value is -4.21. The lowest BCUT2D eigenvalue weighted by Crippen LogP contribution is -2.37. The summed E-state index contributed by atoms with van der Waals surface area (Å²) in [7, 11) is 1.59. The molecule has 2 aromatic heterocycles. The van der Waals surface area contributed by atoms with Crippen molar-refractivity contribution in [3.05, 3.63) is 69.1 Å². The van der Waals surface area contributed by atoms with Crippen LogP contribution >= 0.6 is 0 Å². The normalized spacial score (nSPS) is 15.9. The Morgan fingerprint density at radius 1 is 1.14 bits per heavy atom. The Morgan fingerprint density at radius 3 is 2.63 bits per heavy atom. The van der Waals surface area contributed by atoms with Crippen LogP contribution in [0.2, 0.25) is 0 Å². The molecule has 0 aliphatic carbocycles. The number of anilines is 1. The summed E-state index contributed by atoms with van der Waals surface area (Å²) in [6, 6.07) is 12.6. The zero-order chi connectivity index (χ0) is 24.7. The van der Waals surface area contributed by atoms with Crippen molar-refractivity contribution < 1.29 is 14.1 Å². The molecule has 1 N–H and O–H groups in total. The van der Waals surface area contributed by atoms with E-state index < -0.39 is 11.1 Å². The second-order valence-electron chi connectivity index (χ2n) is 9.06. The first-order valence-corrected chi connectivity index (χ1v) is 11.4. The number of carbonyl (C=O) groups excluding carboxylic acids is 1. The highest BCUT2D eigenvalue weighted by Gasteiger charge is 2.35. The second-order valence-corrected chi connectivity index (χ2v) is 9.06. The molecule has 1 saturated heterocycles. The molecule has 5 rings (SSSR count). The minimum atomic E-state index is -0.674. The molecule has 3 heterocycles.